The Balaban J connectivity index is 2.24. The normalized spacial score (nSPS) is 23.0. The van der Waals surface area contributed by atoms with Gasteiger partial charge in [-0.2, -0.15) is 0 Å². The molecule has 0 unspecified atom stereocenters. The fourth-order valence-electron chi connectivity index (χ4n) is 3.32. The van der Waals surface area contributed by atoms with Gasteiger partial charge in [0.25, 0.3) is 0 Å². The first-order valence-corrected chi connectivity index (χ1v) is 9.33. The Morgan fingerprint density at radius 2 is 1.06 bits per heavy atom. The maximum atomic E-state index is 7.16. The molecule has 0 spiro atoms. The Labute approximate surface area is 111 Å². The molecular weight excluding hydrogens is 234 g/mol. The average molecular weight is 252 g/mol. The molecule has 0 N–H and O–H groups in total. The van der Waals surface area contributed by atoms with Crippen LogP contribution in [0.15, 0.2) is 60.7 Å². The van der Waals surface area contributed by atoms with Crippen LogP contribution >= 0.6 is 6.48 Å². The molecule has 0 aromatic heterocycles. The van der Waals surface area contributed by atoms with Crippen LogP contribution in [0, 0.1) is 0 Å². The summed E-state index contributed by atoms with van der Waals surface area (Å²) in [6.45, 7) is -2.37. The van der Waals surface area contributed by atoms with Gasteiger partial charge in [0, 0.05) is 0 Å². The van der Waals surface area contributed by atoms with E-state index in [1.165, 1.54) is 35.8 Å². The Hall–Kier alpha value is -1.07. The standard InChI is InChI=1S/C16H18BP/c17-18(13-7-8-14-18,15-9-3-1-4-10-15)16-11-5-2-6-12-16/h1-6,9-12H,7-8,13-14H2. The molecule has 0 bridgehead atoms. The summed E-state index contributed by atoms with van der Waals surface area (Å²) in [5.74, 6) is 0. The zero-order valence-electron chi connectivity index (χ0n) is 10.6. The second-order valence-corrected chi connectivity index (χ2v) is 10.5. The van der Waals surface area contributed by atoms with Crippen LogP contribution in [0.3, 0.4) is 0 Å². The minimum absolute atomic E-state index is 1.17. The SMILES string of the molecule is [B]P1(c2ccccc2)(c2ccccc2)CCCC1. The number of benzene rings is 2. The van der Waals surface area contributed by atoms with E-state index >= 15 is 0 Å². The molecule has 2 radical (unpaired) electrons. The monoisotopic (exact) mass is 252 g/mol. The van der Waals surface area contributed by atoms with E-state index in [0.717, 1.165) is 0 Å². The van der Waals surface area contributed by atoms with Crippen molar-refractivity contribution in [1.82, 2.24) is 0 Å². The van der Waals surface area contributed by atoms with Crippen LogP contribution in [0.1, 0.15) is 12.8 Å². The van der Waals surface area contributed by atoms with Crippen LogP contribution in [0.5, 0.6) is 0 Å². The van der Waals surface area contributed by atoms with E-state index in [1.54, 1.807) is 0 Å². The van der Waals surface area contributed by atoms with Gasteiger partial charge in [0.05, 0.1) is 0 Å². The summed E-state index contributed by atoms with van der Waals surface area (Å²) < 4.78 is 0. The van der Waals surface area contributed by atoms with Gasteiger partial charge in [-0.1, -0.05) is 0 Å². The van der Waals surface area contributed by atoms with Crippen molar-refractivity contribution in [2.24, 2.45) is 0 Å². The van der Waals surface area contributed by atoms with Crippen molar-refractivity contribution in [2.45, 2.75) is 12.8 Å². The minimum atomic E-state index is -2.37. The second kappa shape index (κ2) is 4.25. The Kier molecular flexibility index (Phi) is 2.83. The average Bonchev–Trinajstić information content (AvgIpc) is 2.87. The Bertz CT molecular complexity index is 486. The van der Waals surface area contributed by atoms with Crippen LogP contribution in [0.25, 0.3) is 0 Å². The Morgan fingerprint density at radius 1 is 0.667 bits per heavy atom. The number of hydrogen-bond acceptors (Lipinski definition) is 0. The molecule has 1 aliphatic rings. The van der Waals surface area contributed by atoms with E-state index in [4.69, 9.17) is 7.57 Å². The van der Waals surface area contributed by atoms with E-state index in [1.807, 2.05) is 0 Å². The molecule has 1 saturated heterocycles. The van der Waals surface area contributed by atoms with Gasteiger partial charge >= 0.3 is 110 Å². The summed E-state index contributed by atoms with van der Waals surface area (Å²) in [5.41, 5.74) is 0. The van der Waals surface area contributed by atoms with Gasteiger partial charge in [-0.25, -0.2) is 0 Å². The van der Waals surface area contributed by atoms with Gasteiger partial charge in [0.2, 0.25) is 0 Å². The van der Waals surface area contributed by atoms with E-state index in [-0.39, 0.29) is 0 Å². The molecule has 0 aliphatic carbocycles. The zero-order valence-corrected chi connectivity index (χ0v) is 11.5. The van der Waals surface area contributed by atoms with Gasteiger partial charge in [-0.3, -0.25) is 0 Å². The van der Waals surface area contributed by atoms with Crippen molar-refractivity contribution in [3.05, 3.63) is 60.7 Å². The van der Waals surface area contributed by atoms with Crippen molar-refractivity contribution in [3.8, 4) is 0 Å². The zero-order chi connectivity index (χ0) is 12.5. The molecule has 0 nitrogen and oxygen atoms in total. The fourth-order valence-corrected chi connectivity index (χ4v) is 8.60. The fraction of sp³-hybridized carbons (Fsp3) is 0.250. The third kappa shape index (κ3) is 1.65. The third-order valence-electron chi connectivity index (χ3n) is 4.39. The molecule has 0 atom stereocenters. The molecule has 1 fully saturated rings. The van der Waals surface area contributed by atoms with Gasteiger partial charge in [0.1, 0.15) is 0 Å². The van der Waals surface area contributed by atoms with Gasteiger partial charge in [-0.15, -0.1) is 0 Å². The van der Waals surface area contributed by atoms with Crippen molar-refractivity contribution in [1.29, 1.82) is 0 Å². The van der Waals surface area contributed by atoms with Crippen molar-refractivity contribution < 1.29 is 0 Å². The summed E-state index contributed by atoms with van der Waals surface area (Å²) in [6.07, 6.45) is 4.86. The summed E-state index contributed by atoms with van der Waals surface area (Å²) in [4.78, 5) is 0. The van der Waals surface area contributed by atoms with Crippen LogP contribution in [0.4, 0.5) is 0 Å². The quantitative estimate of drug-likeness (QED) is 0.569. The predicted octanol–water partition coefficient (Wildman–Crippen LogP) is 3.07. The topological polar surface area (TPSA) is 0 Å². The molecule has 18 heavy (non-hydrogen) atoms. The van der Waals surface area contributed by atoms with E-state index < -0.39 is 6.48 Å². The molecule has 2 aromatic rings. The van der Waals surface area contributed by atoms with Crippen LogP contribution in [-0.2, 0) is 0 Å². The van der Waals surface area contributed by atoms with Crippen LogP contribution < -0.4 is 10.6 Å². The van der Waals surface area contributed by atoms with Crippen LogP contribution in [0.2, 0.25) is 0 Å². The first kappa shape index (κ1) is 12.0. The second-order valence-electron chi connectivity index (χ2n) is 5.42. The van der Waals surface area contributed by atoms with Gasteiger partial charge < -0.3 is 0 Å². The maximum absolute atomic E-state index is 7.16. The predicted molar refractivity (Wildman–Crippen MR) is 83.8 cm³/mol. The summed E-state index contributed by atoms with van der Waals surface area (Å²) in [6, 6.07) is 21.6. The Morgan fingerprint density at radius 3 is 1.44 bits per heavy atom. The summed E-state index contributed by atoms with van der Waals surface area (Å²) >= 11 is 0. The molecule has 1 heterocycles. The first-order chi connectivity index (χ1) is 8.73. The molecule has 3 rings (SSSR count). The van der Waals surface area contributed by atoms with Gasteiger partial charge in [-0.05, 0) is 0 Å². The number of rotatable bonds is 2. The summed E-state index contributed by atoms with van der Waals surface area (Å²) in [5, 5.41) is 2.76. The molecule has 2 heteroatoms. The van der Waals surface area contributed by atoms with Crippen molar-refractivity contribution in [2.75, 3.05) is 12.3 Å². The molecule has 0 saturated carbocycles. The number of hydrogen-bond donors (Lipinski definition) is 0. The van der Waals surface area contributed by atoms with Gasteiger partial charge in [0.15, 0.2) is 0 Å². The van der Waals surface area contributed by atoms with Crippen molar-refractivity contribution >= 4 is 24.7 Å². The molecule has 2 aromatic carbocycles. The van der Waals surface area contributed by atoms with Crippen LogP contribution in [-0.4, -0.2) is 19.9 Å². The molecule has 1 aliphatic heterocycles. The van der Waals surface area contributed by atoms with E-state index in [2.05, 4.69) is 60.7 Å². The van der Waals surface area contributed by atoms with Crippen molar-refractivity contribution in [3.63, 3.8) is 0 Å². The van der Waals surface area contributed by atoms with E-state index in [9.17, 15) is 0 Å². The molecule has 0 amide bonds. The first-order valence-electron chi connectivity index (χ1n) is 6.66. The molecule has 90 valence electrons. The third-order valence-corrected chi connectivity index (χ3v) is 10.2. The van der Waals surface area contributed by atoms with E-state index in [0.29, 0.717) is 0 Å². The molecular formula is C16H18BP. The summed E-state index contributed by atoms with van der Waals surface area (Å²) in [7, 11) is 7.16.